The molecule has 4 rings (SSSR count). The molecule has 122 valence electrons. The highest BCUT2D eigenvalue weighted by Crippen LogP contribution is 2.48. The van der Waals surface area contributed by atoms with Crippen molar-refractivity contribution in [3.63, 3.8) is 0 Å². The second-order valence-corrected chi connectivity index (χ2v) is 8.20. The zero-order valence-electron chi connectivity index (χ0n) is 13.1. The number of amides is 1. The van der Waals surface area contributed by atoms with Crippen LogP contribution in [0.4, 0.5) is 5.00 Å². The quantitative estimate of drug-likeness (QED) is 0.863. The van der Waals surface area contributed by atoms with Gasteiger partial charge in [0.1, 0.15) is 0 Å². The molecule has 0 saturated heterocycles. The molecule has 2 saturated carbocycles. The lowest BCUT2D eigenvalue weighted by atomic mass is 9.84. The molecule has 3 N–H and O–H groups in total. The van der Waals surface area contributed by atoms with Crippen LogP contribution in [-0.2, 0) is 17.6 Å². The lowest BCUT2D eigenvalue weighted by Crippen LogP contribution is -2.42. The first-order chi connectivity index (χ1) is 10.1. The molecular formula is C17H25ClN2OS. The van der Waals surface area contributed by atoms with Crippen LogP contribution in [-0.4, -0.2) is 11.9 Å². The fraction of sp³-hybridized carbons (Fsp3) is 0.706. The number of hydrogen-bond acceptors (Lipinski definition) is 3. The second-order valence-electron chi connectivity index (χ2n) is 7.09. The fourth-order valence-electron chi connectivity index (χ4n) is 4.76. The number of aryl methyl sites for hydroxylation is 1. The molecule has 3 aliphatic rings. The average Bonchev–Trinajstić information content (AvgIpc) is 3.14. The van der Waals surface area contributed by atoms with Gasteiger partial charge in [0, 0.05) is 10.9 Å². The van der Waals surface area contributed by atoms with E-state index in [9.17, 15) is 4.79 Å². The van der Waals surface area contributed by atoms with Gasteiger partial charge < -0.3 is 11.1 Å². The van der Waals surface area contributed by atoms with Gasteiger partial charge in [-0.2, -0.15) is 0 Å². The Bertz CT molecular complexity index is 583. The van der Waals surface area contributed by atoms with Crippen LogP contribution in [0.25, 0.3) is 0 Å². The van der Waals surface area contributed by atoms with Gasteiger partial charge in [-0.05, 0) is 74.8 Å². The minimum absolute atomic E-state index is 0. The predicted molar refractivity (Wildman–Crippen MR) is 93.9 cm³/mol. The van der Waals surface area contributed by atoms with Gasteiger partial charge in [0.05, 0.1) is 10.9 Å². The van der Waals surface area contributed by atoms with Crippen molar-refractivity contribution in [2.24, 2.45) is 23.5 Å². The predicted octanol–water partition coefficient (Wildman–Crippen LogP) is 3.67. The number of nitrogens with one attached hydrogen (secondary N) is 1. The SMILES string of the molecule is Cc1c(NC(=O)C2C3CCC(C3)C2N)sc2c1CCCC2.Cl. The summed E-state index contributed by atoms with van der Waals surface area (Å²) in [6.45, 7) is 2.16. The van der Waals surface area contributed by atoms with E-state index in [2.05, 4.69) is 12.2 Å². The smallest absolute Gasteiger partial charge is 0.229 e. The van der Waals surface area contributed by atoms with Gasteiger partial charge in [-0.15, -0.1) is 23.7 Å². The highest BCUT2D eigenvalue weighted by atomic mass is 35.5. The summed E-state index contributed by atoms with van der Waals surface area (Å²) >= 11 is 1.80. The van der Waals surface area contributed by atoms with Crippen molar-refractivity contribution in [3.8, 4) is 0 Å². The zero-order chi connectivity index (χ0) is 14.6. The molecule has 3 nitrogen and oxygen atoms in total. The van der Waals surface area contributed by atoms with Crippen LogP contribution in [0.1, 0.15) is 48.1 Å². The standard InChI is InChI=1S/C17H24N2OS.ClH/c1-9-12-4-2-3-5-13(12)21-17(9)19-16(20)14-10-6-7-11(8-10)15(14)18;/h10-11,14-15H,2-8,18H2,1H3,(H,19,20);1H. The van der Waals surface area contributed by atoms with Gasteiger partial charge in [0.15, 0.2) is 0 Å². The van der Waals surface area contributed by atoms with Crippen molar-refractivity contribution in [2.75, 3.05) is 5.32 Å². The summed E-state index contributed by atoms with van der Waals surface area (Å²) in [5.41, 5.74) is 9.10. The Morgan fingerprint density at radius 2 is 1.95 bits per heavy atom. The number of carbonyl (C=O) groups excluding carboxylic acids is 1. The number of nitrogens with two attached hydrogens (primary N) is 1. The Labute approximate surface area is 142 Å². The third-order valence-electron chi connectivity index (χ3n) is 5.96. The van der Waals surface area contributed by atoms with Crippen molar-refractivity contribution < 1.29 is 4.79 Å². The Morgan fingerprint density at radius 1 is 1.23 bits per heavy atom. The first-order valence-electron chi connectivity index (χ1n) is 8.32. The molecule has 0 aliphatic heterocycles. The number of hydrogen-bond donors (Lipinski definition) is 2. The van der Waals surface area contributed by atoms with E-state index in [1.165, 1.54) is 60.9 Å². The van der Waals surface area contributed by atoms with Crippen molar-refractivity contribution in [1.29, 1.82) is 0 Å². The third kappa shape index (κ3) is 2.49. The topological polar surface area (TPSA) is 55.1 Å². The highest BCUT2D eigenvalue weighted by Gasteiger charge is 2.49. The maximum absolute atomic E-state index is 12.7. The van der Waals surface area contributed by atoms with E-state index >= 15 is 0 Å². The number of anilines is 1. The summed E-state index contributed by atoms with van der Waals surface area (Å²) in [4.78, 5) is 14.2. The van der Waals surface area contributed by atoms with Crippen molar-refractivity contribution in [3.05, 3.63) is 16.0 Å². The summed E-state index contributed by atoms with van der Waals surface area (Å²) in [5, 5.41) is 4.31. The first-order valence-corrected chi connectivity index (χ1v) is 9.14. The van der Waals surface area contributed by atoms with Crippen LogP contribution < -0.4 is 11.1 Å². The minimum Gasteiger partial charge on any atom is -0.327 e. The maximum atomic E-state index is 12.7. The molecule has 2 bridgehead atoms. The molecule has 4 unspecified atom stereocenters. The van der Waals surface area contributed by atoms with Crippen LogP contribution in [0, 0.1) is 24.7 Å². The van der Waals surface area contributed by atoms with E-state index in [1.54, 1.807) is 11.3 Å². The third-order valence-corrected chi connectivity index (χ3v) is 7.27. The molecule has 0 radical (unpaired) electrons. The first kappa shape index (κ1) is 16.3. The molecule has 2 fully saturated rings. The molecule has 22 heavy (non-hydrogen) atoms. The van der Waals surface area contributed by atoms with Gasteiger partial charge in [0.25, 0.3) is 0 Å². The Balaban J connectivity index is 0.00000144. The summed E-state index contributed by atoms with van der Waals surface area (Å²) in [5.74, 6) is 1.34. The van der Waals surface area contributed by atoms with E-state index in [-0.39, 0.29) is 30.3 Å². The molecule has 0 aromatic carbocycles. The number of carbonyl (C=O) groups is 1. The molecule has 1 heterocycles. The largest absolute Gasteiger partial charge is 0.327 e. The summed E-state index contributed by atoms with van der Waals surface area (Å²) in [6, 6.07) is 0.0821. The Hall–Kier alpha value is -0.580. The van der Waals surface area contributed by atoms with E-state index in [0.717, 1.165) is 5.00 Å². The van der Waals surface area contributed by atoms with Crippen molar-refractivity contribution >= 4 is 34.7 Å². The Morgan fingerprint density at radius 3 is 2.64 bits per heavy atom. The molecule has 0 spiro atoms. The van der Waals surface area contributed by atoms with Gasteiger partial charge in [-0.25, -0.2) is 0 Å². The van der Waals surface area contributed by atoms with Gasteiger partial charge in [0.2, 0.25) is 5.91 Å². The number of thiophene rings is 1. The lowest BCUT2D eigenvalue weighted by molar-refractivity contribution is -0.121. The average molecular weight is 341 g/mol. The fourth-order valence-corrected chi connectivity index (χ4v) is 6.06. The Kier molecular flexibility index (Phi) is 4.54. The van der Waals surface area contributed by atoms with E-state index in [0.29, 0.717) is 11.8 Å². The van der Waals surface area contributed by atoms with Crippen LogP contribution in [0.5, 0.6) is 0 Å². The monoisotopic (exact) mass is 340 g/mol. The second kappa shape index (κ2) is 6.14. The maximum Gasteiger partial charge on any atom is 0.229 e. The molecule has 1 amide bonds. The van der Waals surface area contributed by atoms with Gasteiger partial charge in [-0.3, -0.25) is 4.79 Å². The summed E-state index contributed by atoms with van der Waals surface area (Å²) in [7, 11) is 0. The molecule has 5 heteroatoms. The molecule has 4 atom stereocenters. The van der Waals surface area contributed by atoms with Crippen LogP contribution in [0.15, 0.2) is 0 Å². The van der Waals surface area contributed by atoms with Gasteiger partial charge >= 0.3 is 0 Å². The normalized spacial score (nSPS) is 32.5. The van der Waals surface area contributed by atoms with E-state index in [4.69, 9.17) is 5.73 Å². The summed E-state index contributed by atoms with van der Waals surface area (Å²) < 4.78 is 0. The summed E-state index contributed by atoms with van der Waals surface area (Å²) in [6.07, 6.45) is 8.52. The number of fused-ring (bicyclic) bond motifs is 3. The van der Waals surface area contributed by atoms with Crippen LogP contribution in [0.3, 0.4) is 0 Å². The highest BCUT2D eigenvalue weighted by molar-refractivity contribution is 7.16. The van der Waals surface area contributed by atoms with Crippen LogP contribution >= 0.6 is 23.7 Å². The molecule has 1 aromatic heterocycles. The number of rotatable bonds is 2. The van der Waals surface area contributed by atoms with E-state index < -0.39 is 0 Å². The van der Waals surface area contributed by atoms with Crippen molar-refractivity contribution in [1.82, 2.24) is 0 Å². The zero-order valence-corrected chi connectivity index (χ0v) is 14.7. The molecule has 3 aliphatic carbocycles. The van der Waals surface area contributed by atoms with Crippen molar-refractivity contribution in [2.45, 2.75) is 57.9 Å². The van der Waals surface area contributed by atoms with Gasteiger partial charge in [-0.1, -0.05) is 0 Å². The molecule has 1 aromatic rings. The van der Waals surface area contributed by atoms with E-state index in [1.807, 2.05) is 0 Å². The lowest BCUT2D eigenvalue weighted by Gasteiger charge is -2.26. The van der Waals surface area contributed by atoms with Crippen LogP contribution in [0.2, 0.25) is 0 Å². The number of halogens is 1. The molecular weight excluding hydrogens is 316 g/mol. The minimum atomic E-state index is 0.